The van der Waals surface area contributed by atoms with Crippen LogP contribution < -0.4 is 20.1 Å². The molecule has 0 fully saturated rings. The lowest BCUT2D eigenvalue weighted by Crippen LogP contribution is -2.42. The van der Waals surface area contributed by atoms with Crippen molar-refractivity contribution < 1.29 is 17.9 Å². The lowest BCUT2D eigenvalue weighted by molar-refractivity contribution is 0.310. The first-order valence-corrected chi connectivity index (χ1v) is 10.3. The van der Waals surface area contributed by atoms with Crippen LogP contribution in [0, 0.1) is 0 Å². The van der Waals surface area contributed by atoms with Gasteiger partial charge in [-0.3, -0.25) is 4.99 Å². The fourth-order valence-corrected chi connectivity index (χ4v) is 2.96. The van der Waals surface area contributed by atoms with Crippen LogP contribution in [0.2, 0.25) is 0 Å². The van der Waals surface area contributed by atoms with Crippen molar-refractivity contribution >= 4 is 39.8 Å². The molecule has 0 aliphatic rings. The van der Waals surface area contributed by atoms with Gasteiger partial charge in [0.25, 0.3) is 0 Å². The zero-order valence-corrected chi connectivity index (χ0v) is 19.2. The summed E-state index contributed by atoms with van der Waals surface area (Å²) in [6.45, 7) is 4.98. The van der Waals surface area contributed by atoms with Crippen LogP contribution in [0.3, 0.4) is 0 Å². The maximum absolute atomic E-state index is 11.2. The van der Waals surface area contributed by atoms with E-state index in [1.807, 2.05) is 32.0 Å². The van der Waals surface area contributed by atoms with E-state index in [1.54, 1.807) is 14.2 Å². The zero-order chi connectivity index (χ0) is 18.9. The summed E-state index contributed by atoms with van der Waals surface area (Å²) in [6, 6.07) is 5.74. The number of rotatable bonds is 9. The van der Waals surface area contributed by atoms with Gasteiger partial charge in [-0.25, -0.2) is 8.42 Å². The molecule has 150 valence electrons. The highest BCUT2D eigenvalue weighted by molar-refractivity contribution is 14.0. The minimum absolute atomic E-state index is 0. The molecule has 1 aromatic rings. The Morgan fingerprint density at radius 2 is 2.00 bits per heavy atom. The second-order valence-electron chi connectivity index (χ2n) is 5.81. The number of aliphatic imine (C=N–C) groups is 1. The summed E-state index contributed by atoms with van der Waals surface area (Å²) in [7, 11) is 0.329. The van der Waals surface area contributed by atoms with Crippen LogP contribution in [0.5, 0.6) is 11.5 Å². The first-order valence-electron chi connectivity index (χ1n) is 8.23. The van der Waals surface area contributed by atoms with Gasteiger partial charge in [0, 0.05) is 25.9 Å². The third kappa shape index (κ3) is 9.46. The number of guanidine groups is 1. The van der Waals surface area contributed by atoms with Gasteiger partial charge in [0.05, 0.1) is 19.5 Å². The first kappa shape index (κ1) is 24.8. The highest BCUT2D eigenvalue weighted by atomic mass is 127. The van der Waals surface area contributed by atoms with Gasteiger partial charge in [-0.2, -0.15) is 0 Å². The molecule has 0 heterocycles. The molecule has 0 saturated heterocycles. The Morgan fingerprint density at radius 1 is 1.31 bits per heavy atom. The highest BCUT2D eigenvalue weighted by Gasteiger charge is 2.10. The summed E-state index contributed by atoms with van der Waals surface area (Å²) in [6.07, 6.45) is 1.77. The number of halogens is 1. The van der Waals surface area contributed by atoms with E-state index in [0.29, 0.717) is 37.0 Å². The highest BCUT2D eigenvalue weighted by Crippen LogP contribution is 2.27. The monoisotopic (exact) mass is 499 g/mol. The molecule has 0 aromatic heterocycles. The SMILES string of the molecule is CCOc1cc(CNC(=NC)NC(C)CCS(C)(=O)=O)ccc1OC.I. The molecule has 1 rings (SSSR count). The predicted molar refractivity (Wildman–Crippen MR) is 117 cm³/mol. The quantitative estimate of drug-likeness (QED) is 0.308. The van der Waals surface area contributed by atoms with E-state index in [0.717, 1.165) is 5.56 Å². The van der Waals surface area contributed by atoms with Crippen molar-refractivity contribution in [1.29, 1.82) is 0 Å². The third-order valence-corrected chi connectivity index (χ3v) is 4.49. The van der Waals surface area contributed by atoms with Gasteiger partial charge in [0.1, 0.15) is 9.84 Å². The van der Waals surface area contributed by atoms with E-state index in [2.05, 4.69) is 15.6 Å². The summed E-state index contributed by atoms with van der Waals surface area (Å²) < 4.78 is 33.3. The standard InChI is InChI=1S/C17H29N3O4S.HI/c1-6-24-16-11-14(7-8-15(16)23-4)12-19-17(18-3)20-13(2)9-10-25(5,21)22;/h7-8,11,13H,6,9-10,12H2,1-5H3,(H2,18,19,20);1H. The fraction of sp³-hybridized carbons (Fsp3) is 0.588. The number of nitrogens with zero attached hydrogens (tertiary/aromatic N) is 1. The van der Waals surface area contributed by atoms with Crippen LogP contribution in [0.15, 0.2) is 23.2 Å². The molecule has 1 atom stereocenters. The Morgan fingerprint density at radius 3 is 2.54 bits per heavy atom. The third-order valence-electron chi connectivity index (χ3n) is 3.52. The molecular weight excluding hydrogens is 469 g/mol. The molecule has 1 aromatic carbocycles. The van der Waals surface area contributed by atoms with Crippen LogP contribution in [0.25, 0.3) is 0 Å². The summed E-state index contributed by atoms with van der Waals surface area (Å²) in [5.74, 6) is 2.17. The van der Waals surface area contributed by atoms with Crippen molar-refractivity contribution in [2.75, 3.05) is 32.8 Å². The molecular formula is C17H30IN3O4S. The van der Waals surface area contributed by atoms with Crippen LogP contribution in [-0.2, 0) is 16.4 Å². The average molecular weight is 499 g/mol. The summed E-state index contributed by atoms with van der Waals surface area (Å²) in [5.41, 5.74) is 1.02. The van der Waals surface area contributed by atoms with E-state index in [1.165, 1.54) is 6.26 Å². The molecule has 0 spiro atoms. The van der Waals surface area contributed by atoms with Gasteiger partial charge in [-0.15, -0.1) is 24.0 Å². The minimum Gasteiger partial charge on any atom is -0.493 e. The second-order valence-corrected chi connectivity index (χ2v) is 8.07. The Bertz CT molecular complexity index is 681. The Kier molecular flexibility index (Phi) is 11.6. The first-order chi connectivity index (χ1) is 11.8. The van der Waals surface area contributed by atoms with Gasteiger partial charge in [0.2, 0.25) is 0 Å². The fourth-order valence-electron chi connectivity index (χ4n) is 2.18. The van der Waals surface area contributed by atoms with Crippen LogP contribution >= 0.6 is 24.0 Å². The maximum atomic E-state index is 11.2. The smallest absolute Gasteiger partial charge is 0.191 e. The Balaban J connectivity index is 0.00000625. The number of hydrogen-bond acceptors (Lipinski definition) is 5. The molecule has 7 nitrogen and oxygen atoms in total. The van der Waals surface area contributed by atoms with Gasteiger partial charge in [-0.1, -0.05) is 6.07 Å². The van der Waals surface area contributed by atoms with Gasteiger partial charge < -0.3 is 20.1 Å². The van der Waals surface area contributed by atoms with Gasteiger partial charge in [-0.05, 0) is 38.0 Å². The normalized spacial score (nSPS) is 12.7. The van der Waals surface area contributed by atoms with Crippen LogP contribution in [0.1, 0.15) is 25.8 Å². The van der Waals surface area contributed by atoms with Gasteiger partial charge in [0.15, 0.2) is 17.5 Å². The molecule has 0 aliphatic carbocycles. The number of nitrogens with one attached hydrogen (secondary N) is 2. The number of sulfone groups is 1. The van der Waals surface area contributed by atoms with Crippen LogP contribution in [0.4, 0.5) is 0 Å². The average Bonchev–Trinajstić information content (AvgIpc) is 2.56. The molecule has 0 aliphatic heterocycles. The van der Waals surface area contributed by atoms with Crippen molar-refractivity contribution in [2.45, 2.75) is 32.9 Å². The lowest BCUT2D eigenvalue weighted by Gasteiger charge is -2.18. The summed E-state index contributed by atoms with van der Waals surface area (Å²) in [5, 5.41) is 6.40. The van der Waals surface area contributed by atoms with Crippen molar-refractivity contribution in [3.8, 4) is 11.5 Å². The molecule has 26 heavy (non-hydrogen) atoms. The molecule has 2 N–H and O–H groups in total. The van der Waals surface area contributed by atoms with Crippen molar-refractivity contribution in [3.63, 3.8) is 0 Å². The summed E-state index contributed by atoms with van der Waals surface area (Å²) in [4.78, 5) is 4.17. The molecule has 0 saturated carbocycles. The Labute approximate surface area is 173 Å². The number of benzene rings is 1. The predicted octanol–water partition coefficient (Wildman–Crippen LogP) is 2.20. The summed E-state index contributed by atoms with van der Waals surface area (Å²) >= 11 is 0. The largest absolute Gasteiger partial charge is 0.493 e. The molecule has 0 amide bonds. The van der Waals surface area contributed by atoms with E-state index < -0.39 is 9.84 Å². The molecule has 1 unspecified atom stereocenters. The van der Waals surface area contributed by atoms with Crippen molar-refractivity contribution in [3.05, 3.63) is 23.8 Å². The number of methoxy groups -OCH3 is 1. The zero-order valence-electron chi connectivity index (χ0n) is 16.0. The van der Waals surface area contributed by atoms with E-state index in [4.69, 9.17) is 9.47 Å². The minimum atomic E-state index is -2.96. The molecule has 9 heteroatoms. The van der Waals surface area contributed by atoms with E-state index in [9.17, 15) is 8.42 Å². The van der Waals surface area contributed by atoms with E-state index in [-0.39, 0.29) is 35.8 Å². The number of ether oxygens (including phenoxy) is 2. The number of hydrogen-bond donors (Lipinski definition) is 2. The second kappa shape index (κ2) is 12.2. The topological polar surface area (TPSA) is 89.0 Å². The van der Waals surface area contributed by atoms with Crippen LogP contribution in [-0.4, -0.2) is 53.2 Å². The van der Waals surface area contributed by atoms with E-state index >= 15 is 0 Å². The molecule has 0 radical (unpaired) electrons. The van der Waals surface area contributed by atoms with Crippen molar-refractivity contribution in [1.82, 2.24) is 10.6 Å². The van der Waals surface area contributed by atoms with Gasteiger partial charge >= 0.3 is 0 Å². The molecule has 0 bridgehead atoms. The van der Waals surface area contributed by atoms with Crippen molar-refractivity contribution in [2.24, 2.45) is 4.99 Å². The lowest BCUT2D eigenvalue weighted by atomic mass is 10.2. The Hall–Kier alpha value is -1.23. The maximum Gasteiger partial charge on any atom is 0.191 e.